The summed E-state index contributed by atoms with van der Waals surface area (Å²) in [5.41, 5.74) is 0.562. The maximum atomic E-state index is 13.0. The molecular formula is C21H19F3N4O2S. The number of anilines is 1. The number of thioether (sulfide) groups is 1. The normalized spacial score (nSPS) is 11.3. The van der Waals surface area contributed by atoms with E-state index in [4.69, 9.17) is 0 Å². The highest BCUT2D eigenvalue weighted by Gasteiger charge is 2.30. The zero-order chi connectivity index (χ0) is 22.8. The summed E-state index contributed by atoms with van der Waals surface area (Å²) in [6.45, 7) is 1.61. The Labute approximate surface area is 181 Å². The first-order valence-electron chi connectivity index (χ1n) is 9.09. The summed E-state index contributed by atoms with van der Waals surface area (Å²) in [4.78, 5) is 26.6. The van der Waals surface area contributed by atoms with Crippen LogP contribution in [0, 0.1) is 6.92 Å². The number of benzene rings is 2. The summed E-state index contributed by atoms with van der Waals surface area (Å²) in [6, 6.07) is 11.5. The first-order chi connectivity index (χ1) is 14.6. The third kappa shape index (κ3) is 5.26. The van der Waals surface area contributed by atoms with E-state index < -0.39 is 17.6 Å². The molecule has 1 aromatic heterocycles. The molecule has 0 aliphatic carbocycles. The fourth-order valence-corrected chi connectivity index (χ4v) is 3.36. The quantitative estimate of drug-likeness (QED) is 0.556. The molecule has 0 saturated heterocycles. The lowest BCUT2D eigenvalue weighted by molar-refractivity contribution is -0.137. The number of carbonyl (C=O) groups excluding carboxylic acids is 2. The van der Waals surface area contributed by atoms with Crippen molar-refractivity contribution in [1.29, 1.82) is 0 Å². The first kappa shape index (κ1) is 22.4. The zero-order valence-corrected chi connectivity index (χ0v) is 17.7. The zero-order valence-electron chi connectivity index (χ0n) is 16.9. The molecule has 0 spiro atoms. The number of halogens is 3. The van der Waals surface area contributed by atoms with E-state index in [-0.39, 0.29) is 16.5 Å². The van der Waals surface area contributed by atoms with Crippen LogP contribution in [-0.4, -0.2) is 39.9 Å². The monoisotopic (exact) mass is 448 g/mol. The molecule has 0 bridgehead atoms. The SMILES string of the molecule is Cc1c(C(=O)Nc2ccc(SC(=O)N(C)C)cc2)cnn1-c1cccc(C(F)(F)F)c1. The van der Waals surface area contributed by atoms with Gasteiger partial charge in [0.25, 0.3) is 11.1 Å². The second kappa shape index (κ2) is 8.84. The molecule has 3 aromatic rings. The van der Waals surface area contributed by atoms with Gasteiger partial charge in [-0.05, 0) is 61.2 Å². The van der Waals surface area contributed by atoms with Gasteiger partial charge in [0, 0.05) is 24.7 Å². The number of aromatic nitrogens is 2. The third-order valence-corrected chi connectivity index (χ3v) is 5.40. The Balaban J connectivity index is 1.76. The number of alkyl halides is 3. The van der Waals surface area contributed by atoms with Gasteiger partial charge in [-0.1, -0.05) is 6.07 Å². The molecule has 0 atom stereocenters. The van der Waals surface area contributed by atoms with Crippen molar-refractivity contribution >= 4 is 28.6 Å². The molecule has 0 aliphatic rings. The van der Waals surface area contributed by atoms with Crippen LogP contribution in [0.5, 0.6) is 0 Å². The Bertz CT molecular complexity index is 1110. The molecule has 0 saturated carbocycles. The molecule has 0 aliphatic heterocycles. The van der Waals surface area contributed by atoms with Gasteiger partial charge in [0.15, 0.2) is 0 Å². The Morgan fingerprint density at radius 2 is 1.77 bits per heavy atom. The minimum Gasteiger partial charge on any atom is -0.339 e. The van der Waals surface area contributed by atoms with Crippen LogP contribution in [0.4, 0.5) is 23.7 Å². The molecule has 2 amide bonds. The van der Waals surface area contributed by atoms with E-state index in [0.717, 1.165) is 28.8 Å². The van der Waals surface area contributed by atoms with Crippen LogP contribution in [0.1, 0.15) is 21.6 Å². The van der Waals surface area contributed by atoms with Crippen molar-refractivity contribution in [2.45, 2.75) is 18.0 Å². The maximum absolute atomic E-state index is 13.0. The van der Waals surface area contributed by atoms with Crippen molar-refractivity contribution in [2.75, 3.05) is 19.4 Å². The predicted octanol–water partition coefficient (Wildman–Crippen LogP) is 5.23. The van der Waals surface area contributed by atoms with Crippen LogP contribution in [0.2, 0.25) is 0 Å². The number of amides is 2. The van der Waals surface area contributed by atoms with E-state index in [1.165, 1.54) is 27.9 Å². The second-order valence-electron chi connectivity index (χ2n) is 6.84. The lowest BCUT2D eigenvalue weighted by Crippen LogP contribution is -2.16. The molecule has 6 nitrogen and oxygen atoms in total. The fraction of sp³-hybridized carbons (Fsp3) is 0.190. The van der Waals surface area contributed by atoms with E-state index in [0.29, 0.717) is 11.4 Å². The highest BCUT2D eigenvalue weighted by atomic mass is 32.2. The molecule has 0 fully saturated rings. The van der Waals surface area contributed by atoms with Gasteiger partial charge in [0.05, 0.1) is 28.7 Å². The molecule has 10 heteroatoms. The summed E-state index contributed by atoms with van der Waals surface area (Å²) in [5, 5.41) is 6.69. The van der Waals surface area contributed by atoms with Gasteiger partial charge in [-0.25, -0.2) is 4.68 Å². The highest BCUT2D eigenvalue weighted by Crippen LogP contribution is 2.30. The van der Waals surface area contributed by atoms with E-state index in [1.54, 1.807) is 45.3 Å². The van der Waals surface area contributed by atoms with E-state index >= 15 is 0 Å². The van der Waals surface area contributed by atoms with Gasteiger partial charge in [-0.3, -0.25) is 9.59 Å². The van der Waals surface area contributed by atoms with Gasteiger partial charge in [0.2, 0.25) is 0 Å². The molecule has 0 radical (unpaired) electrons. The van der Waals surface area contributed by atoms with E-state index in [1.807, 2.05) is 0 Å². The standard InChI is InChI=1S/C21H19F3N4O2S/c1-13-18(12-25-28(13)16-6-4-5-14(11-16)21(22,23)24)19(29)26-15-7-9-17(10-8-15)31-20(30)27(2)3/h4-12H,1-3H3,(H,26,29). The minimum atomic E-state index is -4.47. The number of hydrogen-bond donors (Lipinski definition) is 1. The first-order valence-corrected chi connectivity index (χ1v) is 9.90. The average molecular weight is 448 g/mol. The van der Waals surface area contributed by atoms with Crippen LogP contribution in [0.25, 0.3) is 5.69 Å². The molecule has 31 heavy (non-hydrogen) atoms. The van der Waals surface area contributed by atoms with Crippen LogP contribution in [0.3, 0.4) is 0 Å². The number of rotatable bonds is 4. The Kier molecular flexibility index (Phi) is 6.40. The van der Waals surface area contributed by atoms with Gasteiger partial charge < -0.3 is 10.2 Å². The van der Waals surface area contributed by atoms with Crippen molar-refractivity contribution < 1.29 is 22.8 Å². The van der Waals surface area contributed by atoms with Gasteiger partial charge >= 0.3 is 6.18 Å². The summed E-state index contributed by atoms with van der Waals surface area (Å²) in [6.07, 6.45) is -3.16. The van der Waals surface area contributed by atoms with Gasteiger partial charge in [-0.2, -0.15) is 18.3 Å². The van der Waals surface area contributed by atoms with Gasteiger partial charge in [0.1, 0.15) is 0 Å². The number of nitrogens with zero attached hydrogens (tertiary/aromatic N) is 3. The summed E-state index contributed by atoms with van der Waals surface area (Å²) < 4.78 is 40.2. The maximum Gasteiger partial charge on any atom is 0.416 e. The van der Waals surface area contributed by atoms with Crippen LogP contribution < -0.4 is 5.32 Å². The topological polar surface area (TPSA) is 67.2 Å². The average Bonchev–Trinajstić information content (AvgIpc) is 3.10. The fourth-order valence-electron chi connectivity index (χ4n) is 2.70. The molecule has 162 valence electrons. The van der Waals surface area contributed by atoms with Crippen LogP contribution >= 0.6 is 11.8 Å². The van der Waals surface area contributed by atoms with E-state index in [9.17, 15) is 22.8 Å². The highest BCUT2D eigenvalue weighted by molar-refractivity contribution is 8.13. The van der Waals surface area contributed by atoms with Crippen LogP contribution in [0.15, 0.2) is 59.6 Å². The van der Waals surface area contributed by atoms with Gasteiger partial charge in [-0.15, -0.1) is 0 Å². The van der Waals surface area contributed by atoms with Crippen molar-refractivity contribution in [3.05, 3.63) is 71.5 Å². The lowest BCUT2D eigenvalue weighted by Gasteiger charge is -2.11. The number of carbonyl (C=O) groups is 2. The number of hydrogen-bond acceptors (Lipinski definition) is 4. The second-order valence-corrected chi connectivity index (χ2v) is 7.87. The largest absolute Gasteiger partial charge is 0.416 e. The van der Waals surface area contributed by atoms with Crippen molar-refractivity contribution in [2.24, 2.45) is 0 Å². The number of nitrogens with one attached hydrogen (secondary N) is 1. The van der Waals surface area contributed by atoms with Crippen molar-refractivity contribution in [1.82, 2.24) is 14.7 Å². The molecular weight excluding hydrogens is 429 g/mol. The molecule has 1 N–H and O–H groups in total. The molecule has 3 rings (SSSR count). The summed E-state index contributed by atoms with van der Waals surface area (Å²) in [5.74, 6) is -0.444. The Hall–Kier alpha value is -3.27. The Morgan fingerprint density at radius 1 is 1.10 bits per heavy atom. The Morgan fingerprint density at radius 3 is 2.39 bits per heavy atom. The minimum absolute atomic E-state index is 0.116. The lowest BCUT2D eigenvalue weighted by atomic mass is 10.2. The third-order valence-electron chi connectivity index (χ3n) is 4.35. The molecule has 2 aromatic carbocycles. The summed E-state index contributed by atoms with van der Waals surface area (Å²) >= 11 is 1.06. The van der Waals surface area contributed by atoms with Crippen molar-refractivity contribution in [3.63, 3.8) is 0 Å². The summed E-state index contributed by atoms with van der Waals surface area (Å²) in [7, 11) is 3.32. The smallest absolute Gasteiger partial charge is 0.339 e. The molecule has 1 heterocycles. The van der Waals surface area contributed by atoms with Crippen LogP contribution in [-0.2, 0) is 6.18 Å². The predicted molar refractivity (Wildman–Crippen MR) is 113 cm³/mol. The van der Waals surface area contributed by atoms with Crippen molar-refractivity contribution in [3.8, 4) is 5.69 Å². The van der Waals surface area contributed by atoms with E-state index in [2.05, 4.69) is 10.4 Å². The molecule has 0 unspecified atom stereocenters.